The number of aromatic nitrogens is 1. The maximum atomic E-state index is 14.1. The zero-order chi connectivity index (χ0) is 15.6. The summed E-state index contributed by atoms with van der Waals surface area (Å²) in [6.45, 7) is 1.78. The van der Waals surface area contributed by atoms with Crippen LogP contribution in [-0.2, 0) is 6.18 Å². The second kappa shape index (κ2) is 6.13. The van der Waals surface area contributed by atoms with Gasteiger partial charge in [0, 0.05) is 23.4 Å². The van der Waals surface area contributed by atoms with Crippen molar-refractivity contribution in [2.24, 2.45) is 0 Å². The van der Waals surface area contributed by atoms with E-state index in [0.717, 1.165) is 6.07 Å². The summed E-state index contributed by atoms with van der Waals surface area (Å²) >= 11 is 3.29. The van der Waals surface area contributed by atoms with Gasteiger partial charge in [-0.25, -0.2) is 4.39 Å². The molecule has 2 unspecified atom stereocenters. The molecule has 112 valence electrons. The lowest BCUT2D eigenvalue weighted by Gasteiger charge is -2.20. The fraction of sp³-hybridized carbons (Fsp3) is 0.267. The Morgan fingerprint density at radius 2 is 1.81 bits per heavy atom. The third kappa shape index (κ3) is 3.43. The van der Waals surface area contributed by atoms with Gasteiger partial charge in [0.05, 0.1) is 10.4 Å². The summed E-state index contributed by atoms with van der Waals surface area (Å²) in [4.78, 5) is 3.55. The molecule has 1 nitrogen and oxygen atoms in total. The molecule has 0 bridgehead atoms. The molecule has 0 aliphatic carbocycles. The first-order valence-corrected chi connectivity index (χ1v) is 7.14. The van der Waals surface area contributed by atoms with Crippen molar-refractivity contribution in [2.75, 3.05) is 0 Å². The molecule has 0 N–H and O–H groups in total. The molecule has 0 spiro atoms. The Hall–Kier alpha value is -1.43. The summed E-state index contributed by atoms with van der Waals surface area (Å²) in [6.07, 6.45) is -3.12. The predicted molar refractivity (Wildman–Crippen MR) is 75.7 cm³/mol. The highest BCUT2D eigenvalue weighted by molar-refractivity contribution is 9.09. The van der Waals surface area contributed by atoms with Gasteiger partial charge in [-0.1, -0.05) is 41.1 Å². The summed E-state index contributed by atoms with van der Waals surface area (Å²) in [5.41, 5.74) is -0.600. The van der Waals surface area contributed by atoms with Crippen LogP contribution in [0.4, 0.5) is 17.6 Å². The molecule has 1 heterocycles. The third-order valence-corrected chi connectivity index (χ3v) is 4.51. The van der Waals surface area contributed by atoms with Crippen molar-refractivity contribution in [2.45, 2.75) is 23.8 Å². The molecule has 2 aromatic rings. The van der Waals surface area contributed by atoms with Crippen LogP contribution in [0.1, 0.15) is 34.5 Å². The molecule has 6 heteroatoms. The highest BCUT2D eigenvalue weighted by atomic mass is 79.9. The molecule has 2 rings (SSSR count). The average Bonchev–Trinajstić information content (AvgIpc) is 2.45. The molecule has 0 saturated heterocycles. The van der Waals surface area contributed by atoms with Gasteiger partial charge in [0.25, 0.3) is 0 Å². The van der Waals surface area contributed by atoms with Crippen molar-refractivity contribution in [1.82, 2.24) is 4.98 Å². The van der Waals surface area contributed by atoms with Crippen LogP contribution >= 0.6 is 15.9 Å². The number of hydrogen-bond donors (Lipinski definition) is 0. The standard InChI is InChI=1S/C15H12BrF4N/c1-9(12-7-2-3-8-21-12)13(16)10-5-4-6-11(14(10)17)15(18,19)20/h2-9,13H,1H3. The van der Waals surface area contributed by atoms with Crippen LogP contribution < -0.4 is 0 Å². The summed E-state index contributed by atoms with van der Waals surface area (Å²) in [5, 5.41) is 0. The Labute approximate surface area is 128 Å². The summed E-state index contributed by atoms with van der Waals surface area (Å²) in [7, 11) is 0. The molecule has 0 radical (unpaired) electrons. The van der Waals surface area contributed by atoms with E-state index in [0.29, 0.717) is 5.69 Å². The van der Waals surface area contributed by atoms with Gasteiger partial charge in [0.15, 0.2) is 0 Å². The van der Waals surface area contributed by atoms with Crippen molar-refractivity contribution in [3.05, 3.63) is 65.2 Å². The lowest BCUT2D eigenvalue weighted by atomic mass is 9.95. The van der Waals surface area contributed by atoms with Gasteiger partial charge in [-0.3, -0.25) is 4.98 Å². The van der Waals surface area contributed by atoms with Crippen LogP contribution in [0.15, 0.2) is 42.6 Å². The molecule has 0 aliphatic rings. The number of alkyl halides is 4. The van der Waals surface area contributed by atoms with E-state index in [1.54, 1.807) is 31.3 Å². The second-order valence-electron chi connectivity index (χ2n) is 4.65. The Morgan fingerprint density at radius 3 is 2.38 bits per heavy atom. The molecule has 0 aliphatic heterocycles. The van der Waals surface area contributed by atoms with E-state index in [9.17, 15) is 17.6 Å². The molecular formula is C15H12BrF4N. The van der Waals surface area contributed by atoms with E-state index in [1.165, 1.54) is 12.1 Å². The zero-order valence-corrected chi connectivity index (χ0v) is 12.6. The monoisotopic (exact) mass is 361 g/mol. The van der Waals surface area contributed by atoms with Crippen LogP contribution in [0, 0.1) is 5.82 Å². The van der Waals surface area contributed by atoms with E-state index in [1.807, 2.05) is 0 Å². The summed E-state index contributed by atoms with van der Waals surface area (Å²) in [5.74, 6) is -1.51. The van der Waals surface area contributed by atoms with E-state index < -0.39 is 22.4 Å². The fourth-order valence-corrected chi connectivity index (χ4v) is 2.67. The normalized spacial score (nSPS) is 14.8. The molecule has 0 amide bonds. The number of rotatable bonds is 3. The Balaban J connectivity index is 2.38. The maximum absolute atomic E-state index is 14.1. The Morgan fingerprint density at radius 1 is 1.10 bits per heavy atom. The zero-order valence-electron chi connectivity index (χ0n) is 11.0. The first kappa shape index (κ1) is 15.9. The van der Waals surface area contributed by atoms with Gasteiger partial charge in [0.1, 0.15) is 5.82 Å². The van der Waals surface area contributed by atoms with Crippen molar-refractivity contribution in [3.63, 3.8) is 0 Å². The Kier molecular flexibility index (Phi) is 4.66. The smallest absolute Gasteiger partial charge is 0.261 e. The minimum absolute atomic E-state index is 0.0250. The van der Waals surface area contributed by atoms with E-state index in [2.05, 4.69) is 20.9 Å². The van der Waals surface area contributed by atoms with Gasteiger partial charge in [-0.05, 0) is 18.2 Å². The SMILES string of the molecule is CC(c1ccccn1)C(Br)c1cccc(C(F)(F)F)c1F. The summed E-state index contributed by atoms with van der Waals surface area (Å²) < 4.78 is 52.4. The van der Waals surface area contributed by atoms with Gasteiger partial charge < -0.3 is 0 Å². The molecular weight excluding hydrogens is 350 g/mol. The topological polar surface area (TPSA) is 12.9 Å². The van der Waals surface area contributed by atoms with Crippen LogP contribution in [0.2, 0.25) is 0 Å². The largest absolute Gasteiger partial charge is 0.419 e. The highest BCUT2D eigenvalue weighted by Gasteiger charge is 2.36. The lowest BCUT2D eigenvalue weighted by Crippen LogP contribution is -2.12. The molecule has 0 saturated carbocycles. The van der Waals surface area contributed by atoms with Crippen LogP contribution in [0.25, 0.3) is 0 Å². The van der Waals surface area contributed by atoms with Crippen molar-refractivity contribution in [3.8, 4) is 0 Å². The predicted octanol–water partition coefficient (Wildman–Crippen LogP) is 5.48. The minimum atomic E-state index is -4.71. The Bertz CT molecular complexity index is 613. The van der Waals surface area contributed by atoms with E-state index in [4.69, 9.17) is 0 Å². The van der Waals surface area contributed by atoms with Crippen LogP contribution in [0.3, 0.4) is 0 Å². The lowest BCUT2D eigenvalue weighted by molar-refractivity contribution is -0.140. The quantitative estimate of drug-likeness (QED) is 0.521. The van der Waals surface area contributed by atoms with Crippen LogP contribution in [0.5, 0.6) is 0 Å². The van der Waals surface area contributed by atoms with E-state index >= 15 is 0 Å². The number of benzene rings is 1. The number of nitrogens with zero attached hydrogens (tertiary/aromatic N) is 1. The van der Waals surface area contributed by atoms with Gasteiger partial charge >= 0.3 is 6.18 Å². The van der Waals surface area contributed by atoms with Gasteiger partial charge in [0.2, 0.25) is 0 Å². The van der Waals surface area contributed by atoms with E-state index in [-0.39, 0.29) is 11.5 Å². The number of halogens is 5. The first-order chi connectivity index (χ1) is 9.82. The second-order valence-corrected chi connectivity index (χ2v) is 5.64. The minimum Gasteiger partial charge on any atom is -0.261 e. The summed E-state index contributed by atoms with van der Waals surface area (Å²) in [6, 6.07) is 8.57. The molecule has 1 aromatic heterocycles. The number of pyridine rings is 1. The van der Waals surface area contributed by atoms with Gasteiger partial charge in [-0.15, -0.1) is 0 Å². The third-order valence-electron chi connectivity index (χ3n) is 3.22. The molecule has 1 aromatic carbocycles. The molecule has 2 atom stereocenters. The van der Waals surface area contributed by atoms with Crippen LogP contribution in [-0.4, -0.2) is 4.98 Å². The molecule has 21 heavy (non-hydrogen) atoms. The average molecular weight is 362 g/mol. The number of hydrogen-bond acceptors (Lipinski definition) is 1. The van der Waals surface area contributed by atoms with Gasteiger partial charge in [-0.2, -0.15) is 13.2 Å². The van der Waals surface area contributed by atoms with Crippen molar-refractivity contribution >= 4 is 15.9 Å². The maximum Gasteiger partial charge on any atom is 0.419 e. The van der Waals surface area contributed by atoms with Crippen molar-refractivity contribution in [1.29, 1.82) is 0 Å². The first-order valence-electron chi connectivity index (χ1n) is 6.23. The fourth-order valence-electron chi connectivity index (χ4n) is 2.05. The molecule has 0 fully saturated rings. The highest BCUT2D eigenvalue weighted by Crippen LogP contribution is 2.41. The van der Waals surface area contributed by atoms with Crippen molar-refractivity contribution < 1.29 is 17.6 Å².